The Morgan fingerprint density at radius 3 is 2.55 bits per heavy atom. The first-order valence-corrected chi connectivity index (χ1v) is 13.4. The average Bonchev–Trinajstić information content (AvgIpc) is 2.89. The molecule has 8 nitrogen and oxygen atoms in total. The summed E-state index contributed by atoms with van der Waals surface area (Å²) < 4.78 is 20.7. The van der Waals surface area contributed by atoms with Gasteiger partial charge in [0, 0.05) is 43.0 Å². The summed E-state index contributed by atoms with van der Waals surface area (Å²) in [6, 6.07) is 7.44. The topological polar surface area (TPSA) is 99.8 Å². The van der Waals surface area contributed by atoms with Crippen LogP contribution in [0.5, 0.6) is 11.5 Å². The molecular formula is C29H32FN7O. The number of benzene rings is 1. The SMILES string of the molecule is CC(C)c1ncncc1-c1cc(F)ccc1Oc1cncnc1N1CCC(NCC23CC(C#N)(C2)C3)CC1. The van der Waals surface area contributed by atoms with Gasteiger partial charge in [-0.3, -0.25) is 0 Å². The van der Waals surface area contributed by atoms with Crippen molar-refractivity contribution in [1.29, 1.82) is 5.26 Å². The van der Waals surface area contributed by atoms with Gasteiger partial charge in [-0.05, 0) is 61.6 Å². The third-order valence-electron chi connectivity index (χ3n) is 8.34. The standard InChI is InChI=1S/C29H32FN7O/c1-19(2)26-23(10-32-17-35-26)22-9-20(30)3-4-24(22)38-25-11-33-18-36-27(25)37-7-5-21(6-8-37)34-16-29-12-28(13-29,14-29)15-31/h3-4,9-11,17-19,21,34H,5-8,12-14,16H2,1-2H3. The minimum Gasteiger partial charge on any atom is -0.451 e. The maximum Gasteiger partial charge on any atom is 0.188 e. The fourth-order valence-corrected chi connectivity index (χ4v) is 6.51. The molecule has 0 amide bonds. The Hall–Kier alpha value is -3.64. The van der Waals surface area contributed by atoms with E-state index in [1.165, 1.54) is 24.8 Å². The van der Waals surface area contributed by atoms with Crippen LogP contribution in [-0.4, -0.2) is 45.6 Å². The molecule has 9 heteroatoms. The van der Waals surface area contributed by atoms with E-state index < -0.39 is 0 Å². The van der Waals surface area contributed by atoms with Crippen molar-refractivity contribution in [3.8, 4) is 28.7 Å². The van der Waals surface area contributed by atoms with E-state index in [0.29, 0.717) is 28.5 Å². The lowest BCUT2D eigenvalue weighted by Crippen LogP contribution is -2.65. The highest BCUT2D eigenvalue weighted by Crippen LogP contribution is 2.72. The van der Waals surface area contributed by atoms with Gasteiger partial charge < -0.3 is 15.0 Å². The number of ether oxygens (including phenoxy) is 1. The van der Waals surface area contributed by atoms with E-state index in [4.69, 9.17) is 4.74 Å². The van der Waals surface area contributed by atoms with Gasteiger partial charge in [0.1, 0.15) is 24.2 Å². The van der Waals surface area contributed by atoms with Gasteiger partial charge in [-0.2, -0.15) is 5.26 Å². The maximum absolute atomic E-state index is 14.4. The Morgan fingerprint density at radius 1 is 1.08 bits per heavy atom. The summed E-state index contributed by atoms with van der Waals surface area (Å²) in [6.45, 7) is 6.80. The third kappa shape index (κ3) is 4.47. The summed E-state index contributed by atoms with van der Waals surface area (Å²) in [6.07, 6.45) is 11.6. The number of nitriles is 1. The van der Waals surface area contributed by atoms with E-state index >= 15 is 0 Å². The lowest BCUT2D eigenvalue weighted by atomic mass is 9.35. The Bertz CT molecular complexity index is 1360. The fraction of sp³-hybridized carbons (Fsp3) is 0.483. The quantitative estimate of drug-likeness (QED) is 0.437. The number of hydrogen-bond acceptors (Lipinski definition) is 8. The molecule has 4 aliphatic rings. The third-order valence-corrected chi connectivity index (χ3v) is 8.34. The average molecular weight is 514 g/mol. The second-order valence-corrected chi connectivity index (χ2v) is 11.5. The lowest BCUT2D eigenvalue weighted by Gasteiger charge is -2.67. The molecule has 3 aliphatic carbocycles. The van der Waals surface area contributed by atoms with E-state index in [0.717, 1.165) is 68.8 Å². The number of nitrogens with one attached hydrogen (secondary N) is 1. The van der Waals surface area contributed by atoms with Gasteiger partial charge in [0.15, 0.2) is 11.6 Å². The van der Waals surface area contributed by atoms with Crippen LogP contribution in [-0.2, 0) is 0 Å². The Labute approximate surface area is 222 Å². The number of nitrogens with zero attached hydrogens (tertiary/aromatic N) is 6. The van der Waals surface area contributed by atoms with Crippen molar-refractivity contribution in [3.05, 3.63) is 54.8 Å². The first kappa shape index (κ1) is 24.7. The molecule has 2 aromatic heterocycles. The van der Waals surface area contributed by atoms with E-state index in [-0.39, 0.29) is 17.2 Å². The minimum absolute atomic E-state index is 0.00272. The molecule has 38 heavy (non-hydrogen) atoms. The molecule has 1 aromatic carbocycles. The molecule has 3 heterocycles. The zero-order valence-electron chi connectivity index (χ0n) is 21.8. The van der Waals surface area contributed by atoms with Crippen molar-refractivity contribution < 1.29 is 9.13 Å². The molecule has 0 atom stereocenters. The molecule has 1 N–H and O–H groups in total. The van der Waals surface area contributed by atoms with Crippen LogP contribution in [0.25, 0.3) is 11.1 Å². The summed E-state index contributed by atoms with van der Waals surface area (Å²) in [7, 11) is 0. The van der Waals surface area contributed by atoms with Crippen molar-refractivity contribution in [1.82, 2.24) is 25.3 Å². The molecule has 0 radical (unpaired) electrons. The normalized spacial score (nSPS) is 24.4. The number of hydrogen-bond donors (Lipinski definition) is 1. The van der Waals surface area contributed by atoms with Crippen molar-refractivity contribution in [2.75, 3.05) is 24.5 Å². The van der Waals surface area contributed by atoms with Crippen LogP contribution in [0.4, 0.5) is 10.2 Å². The molecular weight excluding hydrogens is 481 g/mol. The fourth-order valence-electron chi connectivity index (χ4n) is 6.51. The highest BCUT2D eigenvalue weighted by atomic mass is 19.1. The van der Waals surface area contributed by atoms with E-state index in [1.54, 1.807) is 18.5 Å². The van der Waals surface area contributed by atoms with Crippen LogP contribution in [0, 0.1) is 28.0 Å². The number of piperidine rings is 1. The first-order chi connectivity index (χ1) is 18.4. The van der Waals surface area contributed by atoms with E-state index in [9.17, 15) is 9.65 Å². The molecule has 0 unspecified atom stereocenters. The highest BCUT2D eigenvalue weighted by Gasteiger charge is 2.68. The van der Waals surface area contributed by atoms with Gasteiger partial charge in [-0.25, -0.2) is 24.3 Å². The summed E-state index contributed by atoms with van der Waals surface area (Å²) in [5.74, 6) is 1.55. The summed E-state index contributed by atoms with van der Waals surface area (Å²) in [4.78, 5) is 19.6. The lowest BCUT2D eigenvalue weighted by molar-refractivity contribution is -0.160. The van der Waals surface area contributed by atoms with Gasteiger partial charge in [0.05, 0.1) is 23.4 Å². The molecule has 2 bridgehead atoms. The smallest absolute Gasteiger partial charge is 0.188 e. The Morgan fingerprint density at radius 2 is 1.82 bits per heavy atom. The Balaban J connectivity index is 1.16. The largest absolute Gasteiger partial charge is 0.451 e. The van der Waals surface area contributed by atoms with Crippen LogP contribution in [0.1, 0.15) is 57.6 Å². The number of anilines is 1. The van der Waals surface area contributed by atoms with Crippen molar-refractivity contribution >= 4 is 5.82 Å². The number of rotatable bonds is 8. The summed E-state index contributed by atoms with van der Waals surface area (Å²) in [5, 5.41) is 13.0. The van der Waals surface area contributed by atoms with E-state index in [1.807, 2.05) is 13.8 Å². The molecule has 7 rings (SSSR count). The highest BCUT2D eigenvalue weighted by molar-refractivity contribution is 5.73. The number of aromatic nitrogens is 4. The molecule has 0 spiro atoms. The zero-order chi connectivity index (χ0) is 26.3. The summed E-state index contributed by atoms with van der Waals surface area (Å²) >= 11 is 0. The first-order valence-electron chi connectivity index (χ1n) is 13.4. The molecule has 1 saturated heterocycles. The molecule has 3 aromatic rings. The molecule has 3 saturated carbocycles. The molecule has 1 aliphatic heterocycles. The van der Waals surface area contributed by atoms with Crippen molar-refractivity contribution in [3.63, 3.8) is 0 Å². The predicted molar refractivity (Wildman–Crippen MR) is 141 cm³/mol. The van der Waals surface area contributed by atoms with Gasteiger partial charge in [-0.1, -0.05) is 13.8 Å². The van der Waals surface area contributed by atoms with E-state index in [2.05, 4.69) is 36.2 Å². The van der Waals surface area contributed by atoms with Crippen LogP contribution in [0.15, 0.2) is 43.2 Å². The monoisotopic (exact) mass is 513 g/mol. The molecule has 196 valence electrons. The van der Waals surface area contributed by atoms with Crippen molar-refractivity contribution in [2.45, 2.75) is 57.9 Å². The van der Waals surface area contributed by atoms with Crippen LogP contribution in [0.3, 0.4) is 0 Å². The molecule has 4 fully saturated rings. The summed E-state index contributed by atoms with van der Waals surface area (Å²) in [5.41, 5.74) is 2.54. The number of halogens is 1. The van der Waals surface area contributed by atoms with Gasteiger partial charge >= 0.3 is 0 Å². The van der Waals surface area contributed by atoms with Crippen LogP contribution in [0.2, 0.25) is 0 Å². The van der Waals surface area contributed by atoms with Crippen LogP contribution < -0.4 is 15.0 Å². The van der Waals surface area contributed by atoms with Crippen LogP contribution >= 0.6 is 0 Å². The minimum atomic E-state index is -0.355. The second kappa shape index (κ2) is 9.59. The van der Waals surface area contributed by atoms with Gasteiger partial charge in [-0.15, -0.1) is 0 Å². The van der Waals surface area contributed by atoms with Gasteiger partial charge in [0.2, 0.25) is 0 Å². The van der Waals surface area contributed by atoms with Gasteiger partial charge in [0.25, 0.3) is 0 Å². The Kier molecular flexibility index (Phi) is 6.23. The maximum atomic E-state index is 14.4. The zero-order valence-corrected chi connectivity index (χ0v) is 21.8. The second-order valence-electron chi connectivity index (χ2n) is 11.5. The predicted octanol–water partition coefficient (Wildman–Crippen LogP) is 5.24. The van der Waals surface area contributed by atoms with Crippen molar-refractivity contribution in [2.24, 2.45) is 10.8 Å².